The number of pyridine rings is 1. The molecule has 0 saturated carbocycles. The molecule has 0 aliphatic rings. The molecule has 2 aromatic carbocycles. The lowest BCUT2D eigenvalue weighted by Gasteiger charge is -2.10. The molecule has 0 saturated heterocycles. The van der Waals surface area contributed by atoms with Crippen LogP contribution in [0, 0.1) is 5.82 Å². The zero-order valence-corrected chi connectivity index (χ0v) is 20.0. The van der Waals surface area contributed by atoms with Gasteiger partial charge in [-0.2, -0.15) is 0 Å². The summed E-state index contributed by atoms with van der Waals surface area (Å²) in [5.74, 6) is 0.336. The number of hydrogen-bond donors (Lipinski definition) is 1. The van der Waals surface area contributed by atoms with Crippen molar-refractivity contribution in [1.29, 1.82) is 0 Å². The molecule has 5 rings (SSSR count). The van der Waals surface area contributed by atoms with E-state index in [4.69, 9.17) is 0 Å². The Kier molecular flexibility index (Phi) is 6.92. The van der Waals surface area contributed by atoms with E-state index in [0.29, 0.717) is 34.7 Å². The van der Waals surface area contributed by atoms with Gasteiger partial charge in [0, 0.05) is 29.9 Å². The molecule has 3 aromatic heterocycles. The largest absolute Gasteiger partial charge is 0.347 e. The van der Waals surface area contributed by atoms with Crippen LogP contribution in [-0.4, -0.2) is 30.6 Å². The highest BCUT2D eigenvalue weighted by Gasteiger charge is 2.19. The molecule has 1 amide bonds. The van der Waals surface area contributed by atoms with Gasteiger partial charge in [-0.3, -0.25) is 14.3 Å². The number of carbonyl (C=O) groups is 1. The molecule has 1 N–H and O–H groups in total. The van der Waals surface area contributed by atoms with Crippen molar-refractivity contribution in [1.82, 2.24) is 30.0 Å². The third-order valence-corrected chi connectivity index (χ3v) is 7.02. The van der Waals surface area contributed by atoms with Crippen LogP contribution in [0.25, 0.3) is 17.1 Å². The fourth-order valence-corrected chi connectivity index (χ4v) is 5.11. The predicted octanol–water partition coefficient (Wildman–Crippen LogP) is 5.15. The van der Waals surface area contributed by atoms with Crippen molar-refractivity contribution in [3.05, 3.63) is 107 Å². The van der Waals surface area contributed by atoms with Crippen molar-refractivity contribution < 1.29 is 9.18 Å². The van der Waals surface area contributed by atoms with Crippen LogP contribution in [0.5, 0.6) is 0 Å². The van der Waals surface area contributed by atoms with Crippen LogP contribution in [-0.2, 0) is 12.3 Å². The van der Waals surface area contributed by atoms with Gasteiger partial charge in [-0.05, 0) is 29.8 Å². The minimum atomic E-state index is -0.383. The Hall–Kier alpha value is -3.89. The van der Waals surface area contributed by atoms with Gasteiger partial charge in [0.25, 0.3) is 5.91 Å². The van der Waals surface area contributed by atoms with Crippen molar-refractivity contribution in [3.8, 4) is 17.1 Å². The maximum atomic E-state index is 14.7. The van der Waals surface area contributed by atoms with Gasteiger partial charge in [0.05, 0.1) is 11.4 Å². The molecule has 0 aliphatic heterocycles. The maximum absolute atomic E-state index is 14.7. The first-order valence-electron chi connectivity index (χ1n) is 10.7. The standard InChI is InChI=1S/C25H19FN6OS2/c26-19-10-4-5-11-21(19)32-23(18-9-6-12-27-14-18)30-31-25(32)35-16-22-29-20(15-34-22)24(33)28-13-17-7-2-1-3-8-17/h1-12,14-15H,13,16H2,(H,28,33). The first-order chi connectivity index (χ1) is 17.2. The van der Waals surface area contributed by atoms with Crippen molar-refractivity contribution in [3.63, 3.8) is 0 Å². The molecule has 174 valence electrons. The highest BCUT2D eigenvalue weighted by Crippen LogP contribution is 2.31. The van der Waals surface area contributed by atoms with Crippen LogP contribution >= 0.6 is 23.1 Å². The van der Waals surface area contributed by atoms with Crippen LogP contribution in [0.15, 0.2) is 89.7 Å². The monoisotopic (exact) mass is 502 g/mol. The lowest BCUT2D eigenvalue weighted by atomic mass is 10.2. The Balaban J connectivity index is 1.33. The normalized spacial score (nSPS) is 10.9. The number of nitrogens with one attached hydrogen (secondary N) is 1. The van der Waals surface area contributed by atoms with Gasteiger partial charge < -0.3 is 5.32 Å². The Morgan fingerprint density at radius 3 is 2.66 bits per heavy atom. The second kappa shape index (κ2) is 10.6. The average Bonchev–Trinajstić information content (AvgIpc) is 3.55. The molecule has 0 spiro atoms. The highest BCUT2D eigenvalue weighted by molar-refractivity contribution is 7.98. The predicted molar refractivity (Wildman–Crippen MR) is 134 cm³/mol. The number of amides is 1. The number of para-hydroxylation sites is 1. The molecule has 5 aromatic rings. The van der Waals surface area contributed by atoms with Gasteiger partial charge in [-0.1, -0.05) is 54.2 Å². The Morgan fingerprint density at radius 1 is 1.03 bits per heavy atom. The second-order valence-electron chi connectivity index (χ2n) is 7.42. The number of thiazole rings is 1. The average molecular weight is 503 g/mol. The number of thioether (sulfide) groups is 1. The molecule has 7 nitrogen and oxygen atoms in total. The van der Waals surface area contributed by atoms with E-state index in [2.05, 4.69) is 25.5 Å². The Morgan fingerprint density at radius 2 is 1.86 bits per heavy atom. The summed E-state index contributed by atoms with van der Waals surface area (Å²) in [6.07, 6.45) is 3.33. The number of carbonyl (C=O) groups excluding carboxylic acids is 1. The first kappa shape index (κ1) is 22.9. The van der Waals surface area contributed by atoms with Crippen molar-refractivity contribution >= 4 is 29.0 Å². The lowest BCUT2D eigenvalue weighted by Crippen LogP contribution is -2.23. The van der Waals surface area contributed by atoms with E-state index in [-0.39, 0.29) is 11.7 Å². The van der Waals surface area contributed by atoms with Crippen LogP contribution in [0.4, 0.5) is 4.39 Å². The second-order valence-corrected chi connectivity index (χ2v) is 9.30. The molecule has 0 unspecified atom stereocenters. The van der Waals surface area contributed by atoms with Crippen molar-refractivity contribution in [2.75, 3.05) is 0 Å². The van der Waals surface area contributed by atoms with Gasteiger partial charge in [0.15, 0.2) is 11.0 Å². The van der Waals surface area contributed by atoms with Crippen molar-refractivity contribution in [2.45, 2.75) is 17.5 Å². The molecule has 0 aliphatic carbocycles. The molecule has 0 fully saturated rings. The maximum Gasteiger partial charge on any atom is 0.271 e. The van der Waals surface area contributed by atoms with E-state index in [1.807, 2.05) is 36.4 Å². The van der Waals surface area contributed by atoms with Crippen LogP contribution in [0.1, 0.15) is 21.1 Å². The van der Waals surface area contributed by atoms with Crippen LogP contribution in [0.2, 0.25) is 0 Å². The molecule has 10 heteroatoms. The molecule has 35 heavy (non-hydrogen) atoms. The minimum Gasteiger partial charge on any atom is -0.347 e. The summed E-state index contributed by atoms with van der Waals surface area (Å²) in [5.41, 5.74) is 2.46. The number of aromatic nitrogens is 5. The first-order valence-corrected chi connectivity index (χ1v) is 12.6. The summed E-state index contributed by atoms with van der Waals surface area (Å²) in [7, 11) is 0. The molecule has 3 heterocycles. The molecule has 0 atom stereocenters. The van der Waals surface area contributed by atoms with E-state index in [0.717, 1.165) is 16.1 Å². The minimum absolute atomic E-state index is 0.227. The number of rotatable bonds is 8. The Labute approximate surface area is 209 Å². The summed E-state index contributed by atoms with van der Waals surface area (Å²) in [5, 5.41) is 14.5. The Bertz CT molecular complexity index is 1440. The van der Waals surface area contributed by atoms with Gasteiger partial charge >= 0.3 is 0 Å². The summed E-state index contributed by atoms with van der Waals surface area (Å²) in [4.78, 5) is 21.1. The van der Waals surface area contributed by atoms with Gasteiger partial charge in [-0.15, -0.1) is 21.5 Å². The van der Waals surface area contributed by atoms with E-state index in [1.54, 1.807) is 46.6 Å². The SMILES string of the molecule is O=C(NCc1ccccc1)c1csc(CSc2nnc(-c3cccnc3)n2-c2ccccc2F)n1. The van der Waals surface area contributed by atoms with E-state index >= 15 is 0 Å². The fourth-order valence-electron chi connectivity index (χ4n) is 3.37. The summed E-state index contributed by atoms with van der Waals surface area (Å²) in [6, 6.07) is 19.8. The van der Waals surface area contributed by atoms with E-state index in [9.17, 15) is 9.18 Å². The smallest absolute Gasteiger partial charge is 0.271 e. The number of nitrogens with zero attached hydrogens (tertiary/aromatic N) is 5. The number of hydrogen-bond acceptors (Lipinski definition) is 7. The summed E-state index contributed by atoms with van der Waals surface area (Å²) < 4.78 is 16.4. The quantitative estimate of drug-likeness (QED) is 0.296. The number of halogens is 1. The fraction of sp³-hybridized carbons (Fsp3) is 0.0800. The highest BCUT2D eigenvalue weighted by atomic mass is 32.2. The zero-order chi connectivity index (χ0) is 24.0. The van der Waals surface area contributed by atoms with Crippen LogP contribution in [0.3, 0.4) is 0 Å². The molecule has 0 bridgehead atoms. The third-order valence-electron chi connectivity index (χ3n) is 5.05. The summed E-state index contributed by atoms with van der Waals surface area (Å²) >= 11 is 2.77. The zero-order valence-electron chi connectivity index (χ0n) is 18.3. The van der Waals surface area contributed by atoms with Gasteiger partial charge in [0.1, 0.15) is 16.5 Å². The number of benzene rings is 2. The van der Waals surface area contributed by atoms with Crippen molar-refractivity contribution in [2.24, 2.45) is 0 Å². The topological polar surface area (TPSA) is 85.6 Å². The lowest BCUT2D eigenvalue weighted by molar-refractivity contribution is 0.0946. The van der Waals surface area contributed by atoms with Gasteiger partial charge in [0.2, 0.25) is 0 Å². The molecular formula is C25H19FN6OS2. The van der Waals surface area contributed by atoms with E-state index < -0.39 is 0 Å². The third kappa shape index (κ3) is 5.28. The summed E-state index contributed by atoms with van der Waals surface area (Å²) in [6.45, 7) is 0.435. The van der Waals surface area contributed by atoms with Crippen LogP contribution < -0.4 is 5.32 Å². The van der Waals surface area contributed by atoms with E-state index in [1.165, 1.54) is 29.2 Å². The molecular weight excluding hydrogens is 483 g/mol. The van der Waals surface area contributed by atoms with Gasteiger partial charge in [-0.25, -0.2) is 9.37 Å². The molecule has 0 radical (unpaired) electrons.